The van der Waals surface area contributed by atoms with Gasteiger partial charge in [-0.05, 0) is 24.7 Å². The van der Waals surface area contributed by atoms with E-state index in [0.29, 0.717) is 12.8 Å². The van der Waals surface area contributed by atoms with Crippen LogP contribution >= 0.6 is 0 Å². The first-order valence-electron chi connectivity index (χ1n) is 6.40. The van der Waals surface area contributed by atoms with E-state index in [9.17, 15) is 4.79 Å². The number of fused-ring (bicyclic) bond motifs is 1. The number of Topliss-reactive ketones (excluding diaryl/α,β-unsaturated/α-hetero) is 1. The average Bonchev–Trinajstić information content (AvgIpc) is 2.78. The molecule has 1 heterocycles. The maximum absolute atomic E-state index is 11.4. The largest absolute Gasteiger partial charge is 0.461 e. The molecule has 0 unspecified atom stereocenters. The molecule has 0 spiro atoms. The molecule has 0 saturated carbocycles. The Balaban J connectivity index is 2.19. The summed E-state index contributed by atoms with van der Waals surface area (Å²) in [6.07, 6.45) is 1.97. The highest BCUT2D eigenvalue weighted by atomic mass is 16.3. The first-order valence-corrected chi connectivity index (χ1v) is 6.40. The fourth-order valence-corrected chi connectivity index (χ4v) is 1.96. The van der Waals surface area contributed by atoms with Crippen molar-refractivity contribution in [3.8, 4) is 0 Å². The summed E-state index contributed by atoms with van der Waals surface area (Å²) in [6, 6.07) is 8.08. The molecule has 3 heteroatoms. The van der Waals surface area contributed by atoms with Gasteiger partial charge in [0.25, 0.3) is 0 Å². The van der Waals surface area contributed by atoms with Crippen LogP contribution in [0.25, 0.3) is 11.0 Å². The fraction of sp³-hybridized carbons (Fsp3) is 0.400. The van der Waals surface area contributed by atoms with Crippen molar-refractivity contribution in [1.82, 2.24) is 5.32 Å². The van der Waals surface area contributed by atoms with Crippen LogP contribution in [0.15, 0.2) is 28.7 Å². The molecule has 96 valence electrons. The Hall–Kier alpha value is -1.61. The molecule has 0 radical (unpaired) electrons. The van der Waals surface area contributed by atoms with Crippen LogP contribution in [0.1, 0.15) is 24.7 Å². The highest BCUT2D eigenvalue weighted by molar-refractivity contribution is 5.83. The molecule has 2 rings (SSSR count). The van der Waals surface area contributed by atoms with E-state index in [0.717, 1.165) is 35.3 Å². The highest BCUT2D eigenvalue weighted by Crippen LogP contribution is 2.21. The van der Waals surface area contributed by atoms with Crippen molar-refractivity contribution >= 4 is 16.8 Å². The van der Waals surface area contributed by atoms with Crippen molar-refractivity contribution in [2.24, 2.45) is 0 Å². The minimum atomic E-state index is 0.260. The maximum Gasteiger partial charge on any atom is 0.136 e. The summed E-state index contributed by atoms with van der Waals surface area (Å²) in [5, 5.41) is 4.21. The zero-order valence-electron chi connectivity index (χ0n) is 11.0. The van der Waals surface area contributed by atoms with Crippen LogP contribution in [-0.2, 0) is 17.6 Å². The Labute approximate surface area is 107 Å². The van der Waals surface area contributed by atoms with Crippen LogP contribution in [0, 0.1) is 0 Å². The smallest absolute Gasteiger partial charge is 0.136 e. The number of likely N-dealkylation sites (N-methyl/N-ethyl adjacent to an activating group) is 1. The first kappa shape index (κ1) is 12.8. The van der Waals surface area contributed by atoms with E-state index in [2.05, 4.69) is 11.4 Å². The van der Waals surface area contributed by atoms with Crippen LogP contribution in [0.5, 0.6) is 0 Å². The summed E-state index contributed by atoms with van der Waals surface area (Å²) in [5.74, 6) is 1.25. The summed E-state index contributed by atoms with van der Waals surface area (Å²) in [6.45, 7) is 2.80. The molecule has 0 atom stereocenters. The van der Waals surface area contributed by atoms with Crippen molar-refractivity contribution < 1.29 is 9.21 Å². The Morgan fingerprint density at radius 2 is 2.17 bits per heavy atom. The molecule has 0 aliphatic carbocycles. The maximum atomic E-state index is 11.4. The van der Waals surface area contributed by atoms with Gasteiger partial charge in [0.15, 0.2) is 0 Å². The Morgan fingerprint density at radius 3 is 2.89 bits per heavy atom. The second-order valence-corrected chi connectivity index (χ2v) is 4.51. The number of furan rings is 1. The number of rotatable bonds is 6. The monoisotopic (exact) mass is 245 g/mol. The minimum Gasteiger partial charge on any atom is -0.461 e. The topological polar surface area (TPSA) is 42.2 Å². The van der Waals surface area contributed by atoms with Crippen LogP contribution in [0.4, 0.5) is 0 Å². The molecule has 0 saturated heterocycles. The molecule has 3 nitrogen and oxygen atoms in total. The molecule has 18 heavy (non-hydrogen) atoms. The molecule has 0 amide bonds. The summed E-state index contributed by atoms with van der Waals surface area (Å²) in [4.78, 5) is 11.4. The molecule has 0 aliphatic heterocycles. The van der Waals surface area contributed by atoms with Crippen LogP contribution in [0.2, 0.25) is 0 Å². The third-order valence-corrected chi connectivity index (χ3v) is 3.05. The van der Waals surface area contributed by atoms with Crippen LogP contribution in [-0.4, -0.2) is 19.4 Å². The summed E-state index contributed by atoms with van der Waals surface area (Å²) in [7, 11) is 1.93. The predicted octanol–water partition coefficient (Wildman–Crippen LogP) is 2.72. The lowest BCUT2D eigenvalue weighted by Gasteiger charge is -1.98. The van der Waals surface area contributed by atoms with Gasteiger partial charge in [-0.15, -0.1) is 0 Å². The van der Waals surface area contributed by atoms with Crippen molar-refractivity contribution in [3.63, 3.8) is 0 Å². The van der Waals surface area contributed by atoms with Crippen LogP contribution in [0.3, 0.4) is 0 Å². The summed E-state index contributed by atoms with van der Waals surface area (Å²) < 4.78 is 5.77. The van der Waals surface area contributed by atoms with E-state index in [1.54, 1.807) is 0 Å². The number of nitrogens with one attached hydrogen (secondary N) is 1. The van der Waals surface area contributed by atoms with E-state index in [1.165, 1.54) is 0 Å². The van der Waals surface area contributed by atoms with Crippen molar-refractivity contribution in [3.05, 3.63) is 35.6 Å². The molecular weight excluding hydrogens is 226 g/mol. The van der Waals surface area contributed by atoms with Crippen molar-refractivity contribution in [1.29, 1.82) is 0 Å². The third kappa shape index (κ3) is 2.99. The number of hydrogen-bond donors (Lipinski definition) is 1. The van der Waals surface area contributed by atoms with Gasteiger partial charge in [-0.2, -0.15) is 0 Å². The molecule has 0 bridgehead atoms. The SMILES string of the molecule is CCC(=O)Cc1ccc2cc(CCNC)oc2c1. The molecule has 0 aliphatic rings. The van der Waals surface area contributed by atoms with Gasteiger partial charge >= 0.3 is 0 Å². The number of ketones is 1. The second-order valence-electron chi connectivity index (χ2n) is 4.51. The quantitative estimate of drug-likeness (QED) is 0.850. The lowest BCUT2D eigenvalue weighted by Crippen LogP contribution is -2.09. The Morgan fingerprint density at radius 1 is 1.33 bits per heavy atom. The van der Waals surface area contributed by atoms with Crippen molar-refractivity contribution in [2.45, 2.75) is 26.2 Å². The van der Waals surface area contributed by atoms with E-state index in [-0.39, 0.29) is 5.78 Å². The fourth-order valence-electron chi connectivity index (χ4n) is 1.96. The lowest BCUT2D eigenvalue weighted by atomic mass is 10.1. The van der Waals surface area contributed by atoms with Gasteiger partial charge in [0.2, 0.25) is 0 Å². The Kier molecular flexibility index (Phi) is 4.15. The average molecular weight is 245 g/mol. The third-order valence-electron chi connectivity index (χ3n) is 3.05. The molecular formula is C15H19NO2. The minimum absolute atomic E-state index is 0.260. The number of benzene rings is 1. The van der Waals surface area contributed by atoms with Gasteiger partial charge < -0.3 is 9.73 Å². The molecule has 1 aromatic heterocycles. The summed E-state index contributed by atoms with van der Waals surface area (Å²) in [5.41, 5.74) is 1.91. The number of carbonyl (C=O) groups excluding carboxylic acids is 1. The zero-order valence-corrected chi connectivity index (χ0v) is 11.0. The lowest BCUT2D eigenvalue weighted by molar-refractivity contribution is -0.118. The molecule has 1 N–H and O–H groups in total. The van der Waals surface area contributed by atoms with Crippen molar-refractivity contribution in [2.75, 3.05) is 13.6 Å². The summed E-state index contributed by atoms with van der Waals surface area (Å²) >= 11 is 0. The van der Waals surface area contributed by atoms with E-state index < -0.39 is 0 Å². The molecule has 1 aromatic carbocycles. The molecule has 2 aromatic rings. The molecule has 0 fully saturated rings. The van der Waals surface area contributed by atoms with Gasteiger partial charge in [-0.1, -0.05) is 19.1 Å². The zero-order chi connectivity index (χ0) is 13.0. The Bertz CT molecular complexity index is 542. The van der Waals surface area contributed by atoms with Gasteiger partial charge in [0.05, 0.1) is 0 Å². The highest BCUT2D eigenvalue weighted by Gasteiger charge is 2.06. The van der Waals surface area contributed by atoms with Gasteiger partial charge in [-0.25, -0.2) is 0 Å². The second kappa shape index (κ2) is 5.83. The number of carbonyl (C=O) groups is 1. The normalized spacial score (nSPS) is 11.0. The first-order chi connectivity index (χ1) is 8.72. The van der Waals surface area contributed by atoms with Gasteiger partial charge in [0.1, 0.15) is 17.1 Å². The van der Waals surface area contributed by atoms with Crippen LogP contribution < -0.4 is 5.32 Å². The predicted molar refractivity (Wildman–Crippen MR) is 72.8 cm³/mol. The number of hydrogen-bond acceptors (Lipinski definition) is 3. The van der Waals surface area contributed by atoms with E-state index in [4.69, 9.17) is 4.42 Å². The standard InChI is InChI=1S/C15H19NO2/c1-3-13(17)8-11-4-5-12-10-14(6-7-16-2)18-15(12)9-11/h4-5,9-10,16H,3,6-8H2,1-2H3. The van der Waals surface area contributed by atoms with E-state index in [1.807, 2.05) is 32.2 Å². The van der Waals surface area contributed by atoms with E-state index >= 15 is 0 Å². The van der Waals surface area contributed by atoms with Gasteiger partial charge in [-0.3, -0.25) is 4.79 Å². The van der Waals surface area contributed by atoms with Gasteiger partial charge in [0, 0.05) is 31.2 Å².